The fraction of sp³-hybridized carbons (Fsp3) is 0.500. The van der Waals surface area contributed by atoms with Gasteiger partial charge in [-0.05, 0) is 32.4 Å². The van der Waals surface area contributed by atoms with E-state index in [9.17, 15) is 14.4 Å². The van der Waals surface area contributed by atoms with E-state index in [2.05, 4.69) is 10.3 Å². The molecule has 2 amide bonds. The summed E-state index contributed by atoms with van der Waals surface area (Å²) in [6, 6.07) is 2.58. The van der Waals surface area contributed by atoms with Crippen molar-refractivity contribution in [1.82, 2.24) is 9.88 Å². The average Bonchev–Trinajstić information content (AvgIpc) is 3.06. The largest absolute Gasteiger partial charge is 0.451 e. The number of ether oxygens (including phenoxy) is 1. The fourth-order valence-electron chi connectivity index (χ4n) is 3.02. The van der Waals surface area contributed by atoms with Crippen molar-refractivity contribution in [3.05, 3.63) is 23.5 Å². The van der Waals surface area contributed by atoms with Gasteiger partial charge in [-0.3, -0.25) is 9.59 Å². The van der Waals surface area contributed by atoms with Crippen LogP contribution in [0.5, 0.6) is 0 Å². The molecular formula is C16H18ClN3O4S. The van der Waals surface area contributed by atoms with Crippen LogP contribution < -0.4 is 5.32 Å². The number of aromatic nitrogens is 1. The van der Waals surface area contributed by atoms with Gasteiger partial charge in [0.05, 0.1) is 10.6 Å². The first-order chi connectivity index (χ1) is 11.8. The molecule has 1 N–H and O–H groups in total. The summed E-state index contributed by atoms with van der Waals surface area (Å²) in [6.07, 6.45) is 1.64. The lowest BCUT2D eigenvalue weighted by Gasteiger charge is -2.29. The first-order valence-corrected chi connectivity index (χ1v) is 9.26. The molecular weight excluding hydrogens is 366 g/mol. The summed E-state index contributed by atoms with van der Waals surface area (Å²) in [5.41, 5.74) is 0.343. The lowest BCUT2D eigenvalue weighted by Crippen LogP contribution is -2.48. The van der Waals surface area contributed by atoms with Crippen LogP contribution in [-0.4, -0.2) is 50.4 Å². The Hall–Kier alpha value is -1.80. The Morgan fingerprint density at radius 2 is 2.32 bits per heavy atom. The van der Waals surface area contributed by atoms with Crippen LogP contribution in [-0.2, 0) is 19.1 Å². The van der Waals surface area contributed by atoms with Crippen LogP contribution in [0.15, 0.2) is 18.3 Å². The number of rotatable bonds is 4. The summed E-state index contributed by atoms with van der Waals surface area (Å²) in [5, 5.41) is 2.72. The SMILES string of the molecule is C[C@@H](OC(=O)[C@H]1CS[C@@]2(C)CCC(=O)N12)C(=O)Nc1cccnc1Cl. The minimum absolute atomic E-state index is 0.0475. The van der Waals surface area contributed by atoms with Crippen molar-refractivity contribution in [1.29, 1.82) is 0 Å². The molecule has 3 rings (SSSR count). The molecule has 1 aromatic heterocycles. The zero-order chi connectivity index (χ0) is 18.2. The summed E-state index contributed by atoms with van der Waals surface area (Å²) in [4.78, 5) is 41.9. The quantitative estimate of drug-likeness (QED) is 0.632. The third-order valence-corrected chi connectivity index (χ3v) is 6.20. The molecule has 0 saturated carbocycles. The topological polar surface area (TPSA) is 88.6 Å². The molecule has 9 heteroatoms. The molecule has 2 aliphatic heterocycles. The first kappa shape index (κ1) is 18.0. The predicted molar refractivity (Wildman–Crippen MR) is 94.2 cm³/mol. The van der Waals surface area contributed by atoms with E-state index >= 15 is 0 Å². The normalized spacial score (nSPS) is 26.3. The van der Waals surface area contributed by atoms with E-state index in [1.165, 1.54) is 13.1 Å². The number of hydrogen-bond acceptors (Lipinski definition) is 6. The number of thioether (sulfide) groups is 1. The second kappa shape index (κ2) is 6.84. The Bertz CT molecular complexity index is 731. The Morgan fingerprint density at radius 1 is 1.56 bits per heavy atom. The van der Waals surface area contributed by atoms with Crippen molar-refractivity contribution in [3.8, 4) is 0 Å². The number of halogens is 1. The summed E-state index contributed by atoms with van der Waals surface area (Å²) < 4.78 is 5.29. The van der Waals surface area contributed by atoms with Gasteiger partial charge in [0.1, 0.15) is 6.04 Å². The van der Waals surface area contributed by atoms with Crippen LogP contribution in [0, 0.1) is 0 Å². The number of amides is 2. The number of hydrogen-bond donors (Lipinski definition) is 1. The van der Waals surface area contributed by atoms with Gasteiger partial charge in [-0.2, -0.15) is 0 Å². The molecule has 0 aromatic carbocycles. The molecule has 0 radical (unpaired) electrons. The Kier molecular flexibility index (Phi) is 4.92. The van der Waals surface area contributed by atoms with Crippen molar-refractivity contribution < 1.29 is 19.1 Å². The second-order valence-corrected chi connectivity index (χ2v) is 8.04. The number of fused-ring (bicyclic) bond motifs is 1. The van der Waals surface area contributed by atoms with Gasteiger partial charge >= 0.3 is 5.97 Å². The molecule has 0 unspecified atom stereocenters. The molecule has 7 nitrogen and oxygen atoms in total. The fourth-order valence-corrected chi connectivity index (χ4v) is 4.60. The molecule has 0 aliphatic carbocycles. The number of nitrogens with zero attached hydrogens (tertiary/aromatic N) is 2. The van der Waals surface area contributed by atoms with Crippen molar-refractivity contribution in [2.75, 3.05) is 11.1 Å². The van der Waals surface area contributed by atoms with E-state index in [1.807, 2.05) is 6.92 Å². The number of carbonyl (C=O) groups is 3. The van der Waals surface area contributed by atoms with Gasteiger partial charge in [0, 0.05) is 18.4 Å². The van der Waals surface area contributed by atoms with Gasteiger partial charge in [0.2, 0.25) is 5.91 Å². The van der Waals surface area contributed by atoms with Gasteiger partial charge in [-0.1, -0.05) is 11.6 Å². The van der Waals surface area contributed by atoms with Gasteiger partial charge in [0.15, 0.2) is 11.3 Å². The summed E-state index contributed by atoms with van der Waals surface area (Å²) in [6.45, 7) is 3.43. The van der Waals surface area contributed by atoms with E-state index < -0.39 is 24.0 Å². The molecule has 3 heterocycles. The van der Waals surface area contributed by atoms with Gasteiger partial charge in [-0.25, -0.2) is 9.78 Å². The van der Waals surface area contributed by atoms with Crippen molar-refractivity contribution in [2.24, 2.45) is 0 Å². The summed E-state index contributed by atoms with van der Waals surface area (Å²) in [7, 11) is 0. The molecule has 2 saturated heterocycles. The van der Waals surface area contributed by atoms with Crippen molar-refractivity contribution in [2.45, 2.75) is 43.7 Å². The maximum Gasteiger partial charge on any atom is 0.330 e. The molecule has 134 valence electrons. The number of esters is 1. The van der Waals surface area contributed by atoms with Gasteiger partial charge in [0.25, 0.3) is 5.91 Å². The van der Waals surface area contributed by atoms with Crippen LogP contribution in [0.1, 0.15) is 26.7 Å². The lowest BCUT2D eigenvalue weighted by molar-refractivity contribution is -0.160. The zero-order valence-electron chi connectivity index (χ0n) is 13.8. The van der Waals surface area contributed by atoms with E-state index in [0.717, 1.165) is 6.42 Å². The van der Waals surface area contributed by atoms with Crippen LogP contribution >= 0.6 is 23.4 Å². The summed E-state index contributed by atoms with van der Waals surface area (Å²) in [5.74, 6) is -0.645. The first-order valence-electron chi connectivity index (χ1n) is 7.90. The Labute approximate surface area is 154 Å². The van der Waals surface area contributed by atoms with Crippen LogP contribution in [0.3, 0.4) is 0 Å². The number of carbonyl (C=O) groups excluding carboxylic acids is 3. The highest BCUT2D eigenvalue weighted by Gasteiger charge is 2.53. The number of pyridine rings is 1. The minimum Gasteiger partial charge on any atom is -0.451 e. The van der Waals surface area contributed by atoms with E-state index in [-0.39, 0.29) is 15.9 Å². The number of nitrogens with one attached hydrogen (secondary N) is 1. The molecule has 3 atom stereocenters. The number of anilines is 1. The highest BCUT2D eigenvalue weighted by atomic mass is 35.5. The predicted octanol–water partition coefficient (Wildman–Crippen LogP) is 2.06. The Morgan fingerprint density at radius 3 is 3.04 bits per heavy atom. The Balaban J connectivity index is 1.62. The molecule has 1 aromatic rings. The highest BCUT2D eigenvalue weighted by molar-refractivity contribution is 8.01. The average molecular weight is 384 g/mol. The van der Waals surface area contributed by atoms with Crippen molar-refractivity contribution >= 4 is 46.8 Å². The van der Waals surface area contributed by atoms with Gasteiger partial charge in [-0.15, -0.1) is 11.8 Å². The smallest absolute Gasteiger partial charge is 0.330 e. The minimum atomic E-state index is -1.02. The lowest BCUT2D eigenvalue weighted by atomic mass is 10.2. The third-order valence-electron chi connectivity index (χ3n) is 4.40. The zero-order valence-corrected chi connectivity index (χ0v) is 15.4. The maximum absolute atomic E-state index is 12.5. The van der Waals surface area contributed by atoms with Gasteiger partial charge < -0.3 is 15.0 Å². The van der Waals surface area contributed by atoms with Crippen LogP contribution in [0.4, 0.5) is 5.69 Å². The monoisotopic (exact) mass is 383 g/mol. The van der Waals surface area contributed by atoms with Crippen molar-refractivity contribution in [3.63, 3.8) is 0 Å². The highest BCUT2D eigenvalue weighted by Crippen LogP contribution is 2.47. The van der Waals surface area contributed by atoms with E-state index in [4.69, 9.17) is 16.3 Å². The standard InChI is InChI=1S/C16H18ClN3O4S/c1-9(14(22)19-10-4-3-7-18-13(10)17)24-15(23)11-8-25-16(2)6-5-12(21)20(11)16/h3-4,7,9,11H,5-6,8H2,1-2H3,(H,19,22)/t9-,11-,16+/m1/s1. The van der Waals surface area contributed by atoms with E-state index in [1.54, 1.807) is 28.8 Å². The second-order valence-electron chi connectivity index (χ2n) is 6.18. The maximum atomic E-state index is 12.5. The molecule has 2 aliphatic rings. The molecule has 2 fully saturated rings. The summed E-state index contributed by atoms with van der Waals surface area (Å²) >= 11 is 7.47. The van der Waals surface area contributed by atoms with E-state index in [0.29, 0.717) is 17.9 Å². The third kappa shape index (κ3) is 3.46. The molecule has 0 spiro atoms. The molecule has 25 heavy (non-hydrogen) atoms. The molecule has 0 bridgehead atoms. The van der Waals surface area contributed by atoms with Crippen LogP contribution in [0.2, 0.25) is 5.15 Å². The van der Waals surface area contributed by atoms with Crippen LogP contribution in [0.25, 0.3) is 0 Å².